The van der Waals surface area contributed by atoms with E-state index < -0.39 is 10.1 Å². The van der Waals surface area contributed by atoms with Gasteiger partial charge in [0.15, 0.2) is 0 Å². The maximum atomic E-state index is 12.7. The zero-order valence-corrected chi connectivity index (χ0v) is 25.3. The number of piperidine rings is 1. The number of benzene rings is 4. The second-order valence-electron chi connectivity index (χ2n) is 12.0. The highest BCUT2D eigenvalue weighted by Gasteiger charge is 2.21. The number of hydrogen-bond donors (Lipinski definition) is 1. The van der Waals surface area contributed by atoms with Crippen LogP contribution in [0.4, 0.5) is 0 Å². The lowest BCUT2D eigenvalue weighted by molar-refractivity contribution is 0.183. The fraction of sp³-hybridized carbons (Fsp3) is 0.353. The highest BCUT2D eigenvalue weighted by atomic mass is 32.2. The number of phenols is 1. The molecule has 1 N–H and O–H groups in total. The van der Waals surface area contributed by atoms with Gasteiger partial charge in [0.1, 0.15) is 29.6 Å². The topological polar surface area (TPSA) is 85.3 Å². The van der Waals surface area contributed by atoms with E-state index in [0.29, 0.717) is 18.1 Å². The maximum absolute atomic E-state index is 12.7. The average Bonchev–Trinajstić information content (AvgIpc) is 2.97. The Morgan fingerprint density at radius 3 is 2.21 bits per heavy atom. The largest absolute Gasteiger partial charge is 0.508 e. The number of fused-ring (bicyclic) bond motifs is 1. The van der Waals surface area contributed by atoms with Gasteiger partial charge in [-0.25, -0.2) is 0 Å². The van der Waals surface area contributed by atoms with E-state index in [0.717, 1.165) is 47.3 Å². The van der Waals surface area contributed by atoms with E-state index >= 15 is 0 Å². The summed E-state index contributed by atoms with van der Waals surface area (Å²) in [5.74, 6) is 2.19. The first-order chi connectivity index (χ1) is 20.1. The van der Waals surface area contributed by atoms with Crippen molar-refractivity contribution in [2.45, 2.75) is 44.9 Å². The van der Waals surface area contributed by atoms with Crippen molar-refractivity contribution < 1.29 is 27.2 Å². The van der Waals surface area contributed by atoms with Crippen LogP contribution in [0.2, 0.25) is 0 Å². The average molecular weight is 590 g/mol. The molecule has 0 bridgehead atoms. The lowest BCUT2D eigenvalue weighted by atomic mass is 9.99. The molecule has 1 aliphatic heterocycles. The minimum Gasteiger partial charge on any atom is -0.508 e. The third-order valence-electron chi connectivity index (χ3n) is 7.22. The molecule has 4 aromatic rings. The van der Waals surface area contributed by atoms with Gasteiger partial charge in [-0.15, -0.1) is 0 Å². The second kappa shape index (κ2) is 12.7. The van der Waals surface area contributed by atoms with E-state index in [4.69, 9.17) is 13.7 Å². The summed E-state index contributed by atoms with van der Waals surface area (Å²) in [4.78, 5) is 2.54. The molecule has 0 radical (unpaired) electrons. The number of hydrogen-bond acceptors (Lipinski definition) is 7. The Kier molecular flexibility index (Phi) is 9.06. The molecule has 0 aromatic heterocycles. The van der Waals surface area contributed by atoms with Crippen molar-refractivity contribution in [1.82, 2.24) is 4.90 Å². The molecule has 0 aliphatic carbocycles. The molecule has 0 saturated carbocycles. The Labute approximate surface area is 248 Å². The number of aromatic hydroxyl groups is 1. The van der Waals surface area contributed by atoms with E-state index in [9.17, 15) is 13.5 Å². The third-order valence-corrected chi connectivity index (χ3v) is 8.50. The fourth-order valence-electron chi connectivity index (χ4n) is 4.95. The lowest BCUT2D eigenvalue weighted by Crippen LogP contribution is -2.33. The SMILES string of the molecule is CC(C)(C)COS(=O)(=O)c1ccc(-c2ccc3cc(O)ccc3c2Oc2ccc(OCCN3CCCCC3)cc2)cc1. The zero-order chi connectivity index (χ0) is 29.7. The number of nitrogens with zero attached hydrogens (tertiary/aromatic N) is 1. The summed E-state index contributed by atoms with van der Waals surface area (Å²) in [6, 6.07) is 23.1. The summed E-state index contributed by atoms with van der Waals surface area (Å²) < 4.78 is 43.2. The number of likely N-dealkylation sites (tertiary alicyclic amines) is 1. The fourth-order valence-corrected chi connectivity index (χ4v) is 6.06. The van der Waals surface area contributed by atoms with Crippen LogP contribution < -0.4 is 9.47 Å². The molecule has 0 amide bonds. The molecule has 0 spiro atoms. The summed E-state index contributed by atoms with van der Waals surface area (Å²) in [7, 11) is -3.88. The summed E-state index contributed by atoms with van der Waals surface area (Å²) in [6.07, 6.45) is 3.84. The van der Waals surface area contributed by atoms with Gasteiger partial charge in [-0.1, -0.05) is 45.4 Å². The Hall–Kier alpha value is -3.59. The third kappa shape index (κ3) is 7.62. The van der Waals surface area contributed by atoms with Gasteiger partial charge in [-0.2, -0.15) is 8.42 Å². The molecule has 0 atom stereocenters. The molecule has 1 fully saturated rings. The van der Waals surface area contributed by atoms with Crippen LogP contribution in [0.5, 0.6) is 23.0 Å². The Balaban J connectivity index is 1.37. The van der Waals surface area contributed by atoms with Crippen LogP contribution in [0.3, 0.4) is 0 Å². The second-order valence-corrected chi connectivity index (χ2v) is 13.6. The summed E-state index contributed by atoms with van der Waals surface area (Å²) in [6.45, 7) is 9.71. The first-order valence-corrected chi connectivity index (χ1v) is 15.9. The molecule has 5 rings (SSSR count). The number of phenolic OH excluding ortho intramolecular Hbond substituents is 1. The van der Waals surface area contributed by atoms with Crippen LogP contribution in [0.1, 0.15) is 40.0 Å². The first kappa shape index (κ1) is 29.9. The van der Waals surface area contributed by atoms with Crippen LogP contribution in [0, 0.1) is 5.41 Å². The smallest absolute Gasteiger partial charge is 0.296 e. The van der Waals surface area contributed by atoms with Crippen molar-refractivity contribution in [3.63, 3.8) is 0 Å². The number of rotatable bonds is 10. The summed E-state index contributed by atoms with van der Waals surface area (Å²) >= 11 is 0. The lowest BCUT2D eigenvalue weighted by Gasteiger charge is -2.26. The predicted octanol–water partition coefficient (Wildman–Crippen LogP) is 7.62. The molecule has 42 heavy (non-hydrogen) atoms. The molecule has 222 valence electrons. The van der Waals surface area contributed by atoms with Gasteiger partial charge in [0.25, 0.3) is 10.1 Å². The number of ether oxygens (including phenoxy) is 2. The first-order valence-electron chi connectivity index (χ1n) is 14.5. The van der Waals surface area contributed by atoms with E-state index in [1.807, 2.05) is 63.2 Å². The quantitative estimate of drug-likeness (QED) is 0.190. The maximum Gasteiger partial charge on any atom is 0.296 e. The predicted molar refractivity (Wildman–Crippen MR) is 166 cm³/mol. The normalized spacial score (nSPS) is 14.6. The van der Waals surface area contributed by atoms with Gasteiger partial charge in [0.2, 0.25) is 0 Å². The standard InChI is InChI=1S/C34H39NO6S/c1-34(2,3)24-40-42(37,38)30-15-7-25(8-16-30)31-17-9-26-23-27(36)10-18-32(26)33(31)41-29-13-11-28(12-14-29)39-22-21-35-19-5-4-6-20-35/h7-18,23,36H,4-6,19-22,24H2,1-3H3. The van der Waals surface area contributed by atoms with E-state index in [2.05, 4.69) is 4.90 Å². The highest BCUT2D eigenvalue weighted by molar-refractivity contribution is 7.86. The minimum absolute atomic E-state index is 0.0921. The Bertz CT molecular complexity index is 1600. The van der Waals surface area contributed by atoms with Crippen molar-refractivity contribution in [2.24, 2.45) is 5.41 Å². The molecule has 1 heterocycles. The molecule has 8 heteroatoms. The van der Waals surface area contributed by atoms with Crippen molar-refractivity contribution in [3.8, 4) is 34.1 Å². The molecular formula is C34H39NO6S. The van der Waals surface area contributed by atoms with Crippen molar-refractivity contribution in [2.75, 3.05) is 32.8 Å². The molecule has 4 aromatic carbocycles. The summed E-state index contributed by atoms with van der Waals surface area (Å²) in [5, 5.41) is 11.7. The highest BCUT2D eigenvalue weighted by Crippen LogP contribution is 2.41. The van der Waals surface area contributed by atoms with Gasteiger partial charge < -0.3 is 14.6 Å². The van der Waals surface area contributed by atoms with Crippen LogP contribution in [-0.2, 0) is 14.3 Å². The van der Waals surface area contributed by atoms with Gasteiger partial charge in [-0.05, 0) is 103 Å². The minimum atomic E-state index is -3.88. The van der Waals surface area contributed by atoms with Gasteiger partial charge in [0, 0.05) is 17.5 Å². The van der Waals surface area contributed by atoms with Crippen LogP contribution >= 0.6 is 0 Å². The molecular weight excluding hydrogens is 550 g/mol. The van der Waals surface area contributed by atoms with Crippen LogP contribution in [0.15, 0.2) is 83.8 Å². The monoisotopic (exact) mass is 589 g/mol. The molecule has 1 saturated heterocycles. The van der Waals surface area contributed by atoms with Gasteiger partial charge >= 0.3 is 0 Å². The molecule has 1 aliphatic rings. The molecule has 0 unspecified atom stereocenters. The van der Waals surface area contributed by atoms with Crippen molar-refractivity contribution in [3.05, 3.63) is 78.9 Å². The molecule has 7 nitrogen and oxygen atoms in total. The van der Waals surface area contributed by atoms with Gasteiger partial charge in [-0.3, -0.25) is 9.08 Å². The van der Waals surface area contributed by atoms with E-state index in [1.54, 1.807) is 36.4 Å². The van der Waals surface area contributed by atoms with E-state index in [-0.39, 0.29) is 22.7 Å². The summed E-state index contributed by atoms with van der Waals surface area (Å²) in [5.41, 5.74) is 1.29. The zero-order valence-electron chi connectivity index (χ0n) is 24.5. The Morgan fingerprint density at radius 1 is 0.833 bits per heavy atom. The van der Waals surface area contributed by atoms with Crippen molar-refractivity contribution in [1.29, 1.82) is 0 Å². The van der Waals surface area contributed by atoms with Gasteiger partial charge in [0.05, 0.1) is 11.5 Å². The van der Waals surface area contributed by atoms with E-state index in [1.165, 1.54) is 19.3 Å². The van der Waals surface area contributed by atoms with Crippen LogP contribution in [-0.4, -0.2) is 51.3 Å². The van der Waals surface area contributed by atoms with Crippen LogP contribution in [0.25, 0.3) is 21.9 Å². The Morgan fingerprint density at radius 2 is 1.52 bits per heavy atom. The van der Waals surface area contributed by atoms with Crippen molar-refractivity contribution >= 4 is 20.9 Å².